The van der Waals surface area contributed by atoms with Crippen molar-refractivity contribution in [1.29, 1.82) is 0 Å². The molecular weight excluding hydrogens is 229 g/mol. The van der Waals surface area contributed by atoms with E-state index in [0.717, 1.165) is 19.3 Å². The Morgan fingerprint density at radius 1 is 1.12 bits per heavy atom. The zero-order valence-corrected chi connectivity index (χ0v) is 10.0. The van der Waals surface area contributed by atoms with Crippen molar-refractivity contribution < 1.29 is 13.2 Å². The summed E-state index contributed by atoms with van der Waals surface area (Å²) in [6.45, 7) is 1.08. The molecule has 0 aromatic heterocycles. The Morgan fingerprint density at radius 2 is 1.71 bits per heavy atom. The lowest BCUT2D eigenvalue weighted by Gasteiger charge is -2.32. The molecule has 100 valence electrons. The highest BCUT2D eigenvalue weighted by Gasteiger charge is 2.63. The number of hydrogen-bond acceptors (Lipinski definition) is 2. The summed E-state index contributed by atoms with van der Waals surface area (Å²) in [5.74, 6) is 0.730. The Hall–Kier alpha value is -0.290. The van der Waals surface area contributed by atoms with Crippen LogP contribution in [-0.4, -0.2) is 24.8 Å². The molecule has 2 fully saturated rings. The van der Waals surface area contributed by atoms with Gasteiger partial charge in [-0.1, -0.05) is 12.8 Å². The normalized spacial score (nSPS) is 32.5. The molecule has 0 saturated heterocycles. The van der Waals surface area contributed by atoms with Crippen LogP contribution >= 0.6 is 0 Å². The van der Waals surface area contributed by atoms with Crippen LogP contribution < -0.4 is 11.1 Å². The highest BCUT2D eigenvalue weighted by atomic mass is 19.4. The monoisotopic (exact) mass is 250 g/mol. The predicted molar refractivity (Wildman–Crippen MR) is 60.5 cm³/mol. The van der Waals surface area contributed by atoms with Crippen LogP contribution in [0.4, 0.5) is 13.2 Å². The molecule has 0 amide bonds. The van der Waals surface area contributed by atoms with E-state index in [4.69, 9.17) is 5.73 Å². The van der Waals surface area contributed by atoms with Gasteiger partial charge in [-0.05, 0) is 50.6 Å². The third-order valence-corrected chi connectivity index (χ3v) is 4.36. The van der Waals surface area contributed by atoms with Crippen LogP contribution in [0.3, 0.4) is 0 Å². The molecule has 5 heteroatoms. The molecule has 0 aromatic carbocycles. The van der Waals surface area contributed by atoms with Crippen molar-refractivity contribution in [1.82, 2.24) is 5.32 Å². The minimum atomic E-state index is -4.10. The Morgan fingerprint density at radius 3 is 2.18 bits per heavy atom. The highest BCUT2D eigenvalue weighted by Crippen LogP contribution is 2.49. The van der Waals surface area contributed by atoms with Crippen LogP contribution in [0.2, 0.25) is 0 Å². The number of alkyl halides is 3. The van der Waals surface area contributed by atoms with Gasteiger partial charge in [-0.2, -0.15) is 13.2 Å². The molecule has 2 nitrogen and oxygen atoms in total. The van der Waals surface area contributed by atoms with E-state index >= 15 is 0 Å². The fourth-order valence-electron chi connectivity index (χ4n) is 2.88. The van der Waals surface area contributed by atoms with Crippen LogP contribution in [0, 0.1) is 11.8 Å². The second-order valence-electron chi connectivity index (χ2n) is 5.50. The molecule has 0 spiro atoms. The van der Waals surface area contributed by atoms with Crippen LogP contribution in [0.1, 0.15) is 38.5 Å². The van der Waals surface area contributed by atoms with E-state index in [9.17, 15) is 13.2 Å². The van der Waals surface area contributed by atoms with Crippen molar-refractivity contribution in [3.8, 4) is 0 Å². The van der Waals surface area contributed by atoms with Crippen LogP contribution in [0.5, 0.6) is 0 Å². The van der Waals surface area contributed by atoms with Gasteiger partial charge in [0.05, 0.1) is 0 Å². The lowest BCUT2D eigenvalue weighted by molar-refractivity contribution is -0.166. The van der Waals surface area contributed by atoms with Gasteiger partial charge in [-0.3, -0.25) is 0 Å². The van der Waals surface area contributed by atoms with Gasteiger partial charge in [0.2, 0.25) is 0 Å². The molecular formula is C12H21F3N2. The molecule has 3 N–H and O–H groups in total. The first kappa shape index (κ1) is 13.1. The molecule has 2 aliphatic rings. The second kappa shape index (κ2) is 4.76. The van der Waals surface area contributed by atoms with Crippen molar-refractivity contribution in [2.24, 2.45) is 17.6 Å². The van der Waals surface area contributed by atoms with Crippen LogP contribution in [-0.2, 0) is 0 Å². The van der Waals surface area contributed by atoms with Crippen molar-refractivity contribution >= 4 is 0 Å². The highest BCUT2D eigenvalue weighted by molar-refractivity contribution is 5.08. The maximum atomic E-state index is 12.7. The third kappa shape index (κ3) is 2.76. The molecule has 17 heavy (non-hydrogen) atoms. The van der Waals surface area contributed by atoms with Gasteiger partial charge in [0.25, 0.3) is 0 Å². The molecule has 2 unspecified atom stereocenters. The van der Waals surface area contributed by atoms with E-state index in [1.165, 1.54) is 6.42 Å². The SMILES string of the molecule is NCC1CCCCC1CNC1(C(F)(F)F)CC1. The number of rotatable bonds is 4. The largest absolute Gasteiger partial charge is 0.406 e. The van der Waals surface area contributed by atoms with Gasteiger partial charge in [-0.25, -0.2) is 0 Å². The van der Waals surface area contributed by atoms with Gasteiger partial charge in [-0.15, -0.1) is 0 Å². The summed E-state index contributed by atoms with van der Waals surface area (Å²) in [7, 11) is 0. The van der Waals surface area contributed by atoms with Crippen LogP contribution in [0.25, 0.3) is 0 Å². The van der Waals surface area contributed by atoms with Gasteiger partial charge in [0, 0.05) is 0 Å². The average molecular weight is 250 g/mol. The number of hydrogen-bond donors (Lipinski definition) is 2. The van der Waals surface area contributed by atoms with Gasteiger partial charge in [0.15, 0.2) is 0 Å². The standard InChI is InChI=1S/C12H21F3N2/c13-12(14,15)11(5-6-11)17-8-10-4-2-1-3-9(10)7-16/h9-10,17H,1-8,16H2. The first-order chi connectivity index (χ1) is 7.98. The van der Waals surface area contributed by atoms with E-state index in [1.807, 2.05) is 0 Å². The molecule has 0 aliphatic heterocycles. The topological polar surface area (TPSA) is 38.0 Å². The Labute approximate surface area is 100 Å². The van der Waals surface area contributed by atoms with Gasteiger partial charge in [0.1, 0.15) is 5.54 Å². The van der Waals surface area contributed by atoms with Crippen molar-refractivity contribution in [2.75, 3.05) is 13.1 Å². The van der Waals surface area contributed by atoms with Crippen molar-refractivity contribution in [3.63, 3.8) is 0 Å². The van der Waals surface area contributed by atoms with E-state index in [1.54, 1.807) is 0 Å². The lowest BCUT2D eigenvalue weighted by atomic mass is 9.79. The summed E-state index contributed by atoms with van der Waals surface area (Å²) in [4.78, 5) is 0. The van der Waals surface area contributed by atoms with Crippen LogP contribution in [0.15, 0.2) is 0 Å². The fraction of sp³-hybridized carbons (Fsp3) is 1.00. The second-order valence-corrected chi connectivity index (χ2v) is 5.50. The Balaban J connectivity index is 1.85. The zero-order chi connectivity index (χ0) is 12.5. The molecule has 2 atom stereocenters. The summed E-state index contributed by atoms with van der Waals surface area (Å²) in [5, 5.41) is 2.76. The number of halogens is 3. The van der Waals surface area contributed by atoms with E-state index in [0.29, 0.717) is 24.9 Å². The van der Waals surface area contributed by atoms with E-state index < -0.39 is 11.7 Å². The first-order valence-corrected chi connectivity index (χ1v) is 6.50. The summed E-state index contributed by atoms with van der Waals surface area (Å²) >= 11 is 0. The van der Waals surface area contributed by atoms with E-state index in [2.05, 4.69) is 5.32 Å². The average Bonchev–Trinajstić information content (AvgIpc) is 3.07. The fourth-order valence-corrected chi connectivity index (χ4v) is 2.88. The summed E-state index contributed by atoms with van der Waals surface area (Å²) in [6.07, 6.45) is 0.752. The smallest absolute Gasteiger partial charge is 0.330 e. The molecule has 2 rings (SSSR count). The molecule has 0 radical (unpaired) electrons. The minimum absolute atomic E-state index is 0.233. The van der Waals surface area contributed by atoms with Crippen molar-refractivity contribution in [2.45, 2.75) is 50.2 Å². The van der Waals surface area contributed by atoms with Crippen molar-refractivity contribution in [3.05, 3.63) is 0 Å². The maximum absolute atomic E-state index is 12.7. The molecule has 0 bridgehead atoms. The number of nitrogens with one attached hydrogen (secondary N) is 1. The molecule has 0 aromatic rings. The lowest BCUT2D eigenvalue weighted by Crippen LogP contribution is -2.48. The quantitative estimate of drug-likeness (QED) is 0.804. The predicted octanol–water partition coefficient (Wildman–Crippen LogP) is 2.44. The summed E-state index contributed by atoms with van der Waals surface area (Å²) < 4.78 is 38.2. The zero-order valence-electron chi connectivity index (χ0n) is 10.0. The first-order valence-electron chi connectivity index (χ1n) is 6.50. The molecule has 2 saturated carbocycles. The summed E-state index contributed by atoms with van der Waals surface area (Å²) in [6, 6.07) is 0. The molecule has 2 aliphatic carbocycles. The Bertz CT molecular complexity index is 261. The Kier molecular flexibility index (Phi) is 3.69. The minimum Gasteiger partial charge on any atom is -0.330 e. The van der Waals surface area contributed by atoms with Gasteiger partial charge < -0.3 is 11.1 Å². The number of nitrogens with two attached hydrogens (primary N) is 1. The third-order valence-electron chi connectivity index (χ3n) is 4.36. The summed E-state index contributed by atoms with van der Waals surface area (Å²) in [5.41, 5.74) is 4.12. The van der Waals surface area contributed by atoms with E-state index in [-0.39, 0.29) is 12.8 Å². The van der Waals surface area contributed by atoms with Gasteiger partial charge >= 0.3 is 6.18 Å². The molecule has 0 heterocycles. The maximum Gasteiger partial charge on any atom is 0.406 e.